The summed E-state index contributed by atoms with van der Waals surface area (Å²) >= 11 is 0. The fourth-order valence-electron chi connectivity index (χ4n) is 5.43. The van der Waals surface area contributed by atoms with Gasteiger partial charge in [-0.3, -0.25) is 9.59 Å². The number of aryl methyl sites for hydroxylation is 1. The summed E-state index contributed by atoms with van der Waals surface area (Å²) in [7, 11) is -3.77. The number of rotatable bonds is 7. The van der Waals surface area contributed by atoms with Gasteiger partial charge in [0.05, 0.1) is 17.4 Å². The summed E-state index contributed by atoms with van der Waals surface area (Å²) in [6, 6.07) is 3.83. The highest BCUT2D eigenvalue weighted by Gasteiger charge is 2.45. The number of likely N-dealkylation sites (tertiary alicyclic amines) is 1. The van der Waals surface area contributed by atoms with Gasteiger partial charge < -0.3 is 14.7 Å². The second kappa shape index (κ2) is 11.1. The molecule has 0 spiro atoms. The normalized spacial score (nSPS) is 23.2. The van der Waals surface area contributed by atoms with Crippen LogP contribution in [0.5, 0.6) is 0 Å². The first-order chi connectivity index (χ1) is 18.9. The molecule has 2 atom stereocenters. The Bertz CT molecular complexity index is 1340. The smallest absolute Gasteiger partial charge is 0.350 e. The zero-order valence-electron chi connectivity index (χ0n) is 21.9. The van der Waals surface area contributed by atoms with E-state index in [1.54, 1.807) is 6.92 Å². The number of piperidine rings is 1. The molecule has 5 rings (SSSR count). The van der Waals surface area contributed by atoms with Crippen molar-refractivity contribution in [1.29, 1.82) is 0 Å². The number of hydrogen-bond acceptors (Lipinski definition) is 7. The topological polar surface area (TPSA) is 129 Å². The van der Waals surface area contributed by atoms with Crippen LogP contribution in [-0.4, -0.2) is 82.6 Å². The van der Waals surface area contributed by atoms with Gasteiger partial charge in [-0.2, -0.15) is 35.2 Å². The minimum absolute atomic E-state index is 0.0327. The van der Waals surface area contributed by atoms with Gasteiger partial charge in [0.1, 0.15) is 6.04 Å². The molecular weight excluding hydrogens is 553 g/mol. The van der Waals surface area contributed by atoms with Crippen LogP contribution in [0.3, 0.4) is 0 Å². The van der Waals surface area contributed by atoms with Crippen molar-refractivity contribution in [3.05, 3.63) is 47.1 Å². The van der Waals surface area contributed by atoms with Crippen LogP contribution in [0.2, 0.25) is 0 Å². The van der Waals surface area contributed by atoms with E-state index in [1.165, 1.54) is 25.6 Å². The lowest BCUT2D eigenvalue weighted by atomic mass is 9.97. The van der Waals surface area contributed by atoms with Gasteiger partial charge in [0.2, 0.25) is 17.7 Å². The van der Waals surface area contributed by atoms with Gasteiger partial charge in [0.15, 0.2) is 5.82 Å². The molecule has 3 saturated heterocycles. The molecule has 0 saturated carbocycles. The first-order valence-electron chi connectivity index (χ1n) is 13.2. The summed E-state index contributed by atoms with van der Waals surface area (Å²) < 4.78 is 72.7. The minimum atomic E-state index is -4.44. The van der Waals surface area contributed by atoms with Crippen LogP contribution in [0.1, 0.15) is 54.4 Å². The second-order valence-corrected chi connectivity index (χ2v) is 12.4. The number of aromatic nitrogens is 2. The highest BCUT2D eigenvalue weighted by molar-refractivity contribution is 7.86. The zero-order valence-corrected chi connectivity index (χ0v) is 22.7. The lowest BCUT2D eigenvalue weighted by Gasteiger charge is -2.41. The molecule has 0 bridgehead atoms. The van der Waals surface area contributed by atoms with E-state index in [-0.39, 0.29) is 43.9 Å². The van der Waals surface area contributed by atoms with Crippen LogP contribution in [0.25, 0.3) is 0 Å². The van der Waals surface area contributed by atoms with Crippen molar-refractivity contribution in [2.45, 2.75) is 57.3 Å². The Hall–Kier alpha value is -3.04. The monoisotopic (exact) mass is 584 g/mol. The Balaban J connectivity index is 1.16. The number of carbonyl (C=O) groups is 2. The van der Waals surface area contributed by atoms with Crippen molar-refractivity contribution in [1.82, 2.24) is 29.0 Å². The summed E-state index contributed by atoms with van der Waals surface area (Å²) in [5.74, 6) is -0.467. The molecule has 11 nitrogen and oxygen atoms in total. The molecule has 218 valence electrons. The molecule has 3 aliphatic heterocycles. The fourth-order valence-corrected chi connectivity index (χ4v) is 7.23. The largest absolute Gasteiger partial charge is 0.416 e. The maximum atomic E-state index is 13.5. The molecular formula is C25H31F3N6O5S. The van der Waals surface area contributed by atoms with E-state index in [2.05, 4.69) is 15.5 Å². The van der Waals surface area contributed by atoms with E-state index in [0.717, 1.165) is 12.1 Å². The van der Waals surface area contributed by atoms with Crippen LogP contribution in [-0.2, 0) is 32.5 Å². The fraction of sp³-hybridized carbons (Fsp3) is 0.600. The Morgan fingerprint density at radius 2 is 1.75 bits per heavy atom. The van der Waals surface area contributed by atoms with Gasteiger partial charge in [0, 0.05) is 39.3 Å². The summed E-state index contributed by atoms with van der Waals surface area (Å²) in [6.07, 6.45) is -2.31. The van der Waals surface area contributed by atoms with E-state index < -0.39 is 33.9 Å². The van der Waals surface area contributed by atoms with Gasteiger partial charge in [-0.15, -0.1) is 0 Å². The van der Waals surface area contributed by atoms with Crippen molar-refractivity contribution < 1.29 is 35.7 Å². The number of nitrogens with zero attached hydrogens (tertiary/aromatic N) is 5. The molecule has 1 aromatic heterocycles. The summed E-state index contributed by atoms with van der Waals surface area (Å²) in [6.45, 7) is 2.92. The van der Waals surface area contributed by atoms with E-state index in [9.17, 15) is 31.2 Å². The van der Waals surface area contributed by atoms with Crippen LogP contribution >= 0.6 is 0 Å². The molecule has 0 radical (unpaired) electrons. The highest BCUT2D eigenvalue weighted by atomic mass is 32.2. The predicted molar refractivity (Wildman–Crippen MR) is 135 cm³/mol. The van der Waals surface area contributed by atoms with Crippen LogP contribution in [0.15, 0.2) is 28.8 Å². The number of carbonyl (C=O) groups excluding carboxylic acids is 2. The molecule has 1 aromatic carbocycles. The summed E-state index contributed by atoms with van der Waals surface area (Å²) in [5.41, 5.74) is -0.262. The standard InChI is InChI=1S/C25H31F3N6O5S/c1-16-30-23(39-31-16)19-14-33(15-19)40(37,38)32-10-2-4-18(13-32)24(36)34-11-3-5-21(34)22(35)29-12-17-6-8-20(9-7-17)25(26,27)28/h6-9,18-19,21H,2-5,10-15H2,1H3,(H,29,35)/t18-,21+/m0/s1. The number of hydrogen-bond donors (Lipinski definition) is 1. The van der Waals surface area contributed by atoms with Crippen molar-refractivity contribution in [3.8, 4) is 0 Å². The zero-order chi connectivity index (χ0) is 28.7. The van der Waals surface area contributed by atoms with E-state index in [1.807, 2.05) is 0 Å². The van der Waals surface area contributed by atoms with Crippen LogP contribution in [0, 0.1) is 12.8 Å². The Morgan fingerprint density at radius 3 is 2.40 bits per heavy atom. The average molecular weight is 585 g/mol. The average Bonchev–Trinajstić information content (AvgIpc) is 3.55. The Kier molecular flexibility index (Phi) is 7.90. The van der Waals surface area contributed by atoms with Gasteiger partial charge >= 0.3 is 6.18 Å². The minimum Gasteiger partial charge on any atom is -0.350 e. The molecule has 1 N–H and O–H groups in total. The first kappa shape index (κ1) is 28.5. The molecule has 2 amide bonds. The number of amides is 2. The van der Waals surface area contributed by atoms with Gasteiger partial charge in [-0.1, -0.05) is 17.3 Å². The maximum absolute atomic E-state index is 13.5. The first-order valence-corrected chi connectivity index (χ1v) is 14.6. The van der Waals surface area contributed by atoms with Crippen molar-refractivity contribution >= 4 is 22.0 Å². The van der Waals surface area contributed by atoms with Gasteiger partial charge in [-0.05, 0) is 50.3 Å². The molecule has 40 heavy (non-hydrogen) atoms. The number of nitrogens with one attached hydrogen (secondary N) is 1. The van der Waals surface area contributed by atoms with Crippen molar-refractivity contribution in [2.75, 3.05) is 32.7 Å². The number of alkyl halides is 3. The predicted octanol–water partition coefficient (Wildman–Crippen LogP) is 2.06. The molecule has 0 unspecified atom stereocenters. The molecule has 4 heterocycles. The van der Waals surface area contributed by atoms with Crippen LogP contribution < -0.4 is 5.32 Å². The van der Waals surface area contributed by atoms with E-state index in [0.29, 0.717) is 56.1 Å². The number of halogens is 3. The third kappa shape index (κ3) is 5.86. The van der Waals surface area contributed by atoms with Gasteiger partial charge in [-0.25, -0.2) is 0 Å². The SMILES string of the molecule is Cc1noc(C2CN(S(=O)(=O)N3CCC[C@H](C(=O)N4CCC[C@@H]4C(=O)NCc4ccc(C(F)(F)F)cc4)C3)C2)n1. The molecule has 0 aliphatic carbocycles. The Labute approximate surface area is 229 Å². The lowest BCUT2D eigenvalue weighted by Crippen LogP contribution is -2.57. The molecule has 3 aliphatic rings. The molecule has 2 aromatic rings. The third-order valence-electron chi connectivity index (χ3n) is 7.71. The summed E-state index contributed by atoms with van der Waals surface area (Å²) in [5, 5.41) is 6.47. The summed E-state index contributed by atoms with van der Waals surface area (Å²) in [4.78, 5) is 32.1. The molecule has 3 fully saturated rings. The highest BCUT2D eigenvalue weighted by Crippen LogP contribution is 2.33. The number of benzene rings is 1. The van der Waals surface area contributed by atoms with E-state index in [4.69, 9.17) is 4.52 Å². The third-order valence-corrected chi connectivity index (χ3v) is 9.65. The maximum Gasteiger partial charge on any atom is 0.416 e. The van der Waals surface area contributed by atoms with Crippen molar-refractivity contribution in [3.63, 3.8) is 0 Å². The lowest BCUT2D eigenvalue weighted by molar-refractivity contribution is -0.142. The van der Waals surface area contributed by atoms with Crippen LogP contribution in [0.4, 0.5) is 13.2 Å². The Morgan fingerprint density at radius 1 is 1.05 bits per heavy atom. The van der Waals surface area contributed by atoms with Crippen molar-refractivity contribution in [2.24, 2.45) is 5.92 Å². The van der Waals surface area contributed by atoms with Gasteiger partial charge in [0.25, 0.3) is 10.2 Å². The van der Waals surface area contributed by atoms with E-state index >= 15 is 0 Å². The molecule has 15 heteroatoms. The second-order valence-electron chi connectivity index (χ2n) is 10.5. The quantitative estimate of drug-likeness (QED) is 0.528.